The maximum Gasteiger partial charge on any atom is 0.399 e. The van der Waals surface area contributed by atoms with Crippen LogP contribution in [0.15, 0.2) is 0 Å². The van der Waals surface area contributed by atoms with E-state index in [4.69, 9.17) is 11.1 Å². The SMILES string of the molecule is CC(C)(C)C1CCN(CC(C(=N)N)C(F)(F)F)C1. The first-order valence-corrected chi connectivity index (χ1v) is 6.15. The summed E-state index contributed by atoms with van der Waals surface area (Å²) in [5.74, 6) is -2.23. The lowest BCUT2D eigenvalue weighted by Crippen LogP contribution is -2.43. The predicted octanol–water partition coefficient (Wildman–Crippen LogP) is 2.47. The zero-order chi connectivity index (χ0) is 14.1. The third kappa shape index (κ3) is 3.86. The summed E-state index contributed by atoms with van der Waals surface area (Å²) >= 11 is 0. The molecule has 0 aromatic rings. The van der Waals surface area contributed by atoms with Crippen molar-refractivity contribution in [3.8, 4) is 0 Å². The average molecular weight is 265 g/mol. The zero-order valence-corrected chi connectivity index (χ0v) is 11.1. The Hall–Kier alpha value is -0.780. The van der Waals surface area contributed by atoms with Crippen molar-refractivity contribution in [1.29, 1.82) is 5.41 Å². The van der Waals surface area contributed by atoms with Crippen LogP contribution in [0.1, 0.15) is 27.2 Å². The summed E-state index contributed by atoms with van der Waals surface area (Å²) in [5, 5.41) is 7.08. The Morgan fingerprint density at radius 3 is 2.28 bits per heavy atom. The van der Waals surface area contributed by atoms with Gasteiger partial charge in [-0.2, -0.15) is 13.2 Å². The number of halogens is 3. The summed E-state index contributed by atoms with van der Waals surface area (Å²) in [6.45, 7) is 7.44. The van der Waals surface area contributed by atoms with E-state index in [1.54, 1.807) is 4.90 Å². The van der Waals surface area contributed by atoms with E-state index in [1.165, 1.54) is 0 Å². The summed E-state index contributed by atoms with van der Waals surface area (Å²) in [5.41, 5.74) is 5.17. The molecule has 0 aliphatic carbocycles. The molecule has 0 bridgehead atoms. The molecule has 0 aromatic heterocycles. The number of likely N-dealkylation sites (tertiary alicyclic amines) is 1. The van der Waals surface area contributed by atoms with Gasteiger partial charge in [0.1, 0.15) is 11.8 Å². The first kappa shape index (κ1) is 15.3. The van der Waals surface area contributed by atoms with Crippen molar-refractivity contribution in [3.63, 3.8) is 0 Å². The molecule has 1 fully saturated rings. The Morgan fingerprint density at radius 2 is 1.94 bits per heavy atom. The van der Waals surface area contributed by atoms with E-state index >= 15 is 0 Å². The molecule has 0 aromatic carbocycles. The molecule has 0 radical (unpaired) electrons. The largest absolute Gasteiger partial charge is 0.399 e. The highest BCUT2D eigenvalue weighted by Gasteiger charge is 2.44. The van der Waals surface area contributed by atoms with Crippen LogP contribution in [0.2, 0.25) is 0 Å². The molecule has 0 amide bonds. The molecule has 1 aliphatic rings. The quantitative estimate of drug-likeness (QED) is 0.608. The molecule has 3 N–H and O–H groups in total. The highest BCUT2D eigenvalue weighted by atomic mass is 19.4. The Labute approximate surface area is 106 Å². The number of hydrogen-bond donors (Lipinski definition) is 2. The van der Waals surface area contributed by atoms with Gasteiger partial charge in [0.05, 0.1) is 0 Å². The fraction of sp³-hybridized carbons (Fsp3) is 0.917. The molecule has 2 atom stereocenters. The highest BCUT2D eigenvalue weighted by molar-refractivity contribution is 5.80. The monoisotopic (exact) mass is 265 g/mol. The fourth-order valence-corrected chi connectivity index (χ4v) is 2.34. The number of nitrogens with zero attached hydrogens (tertiary/aromatic N) is 1. The van der Waals surface area contributed by atoms with Crippen LogP contribution in [0.4, 0.5) is 13.2 Å². The van der Waals surface area contributed by atoms with Crippen molar-refractivity contribution < 1.29 is 13.2 Å². The van der Waals surface area contributed by atoms with E-state index in [0.29, 0.717) is 19.0 Å². The van der Waals surface area contributed by atoms with Gasteiger partial charge in [0, 0.05) is 13.1 Å². The van der Waals surface area contributed by atoms with Gasteiger partial charge in [0.25, 0.3) is 0 Å². The number of nitrogens with two attached hydrogens (primary N) is 1. The minimum Gasteiger partial charge on any atom is -0.387 e. The molecule has 3 nitrogen and oxygen atoms in total. The van der Waals surface area contributed by atoms with Crippen LogP contribution in [0.3, 0.4) is 0 Å². The summed E-state index contributed by atoms with van der Waals surface area (Å²) in [6, 6.07) is 0. The van der Waals surface area contributed by atoms with Gasteiger partial charge >= 0.3 is 6.18 Å². The molecule has 2 unspecified atom stereocenters. The number of nitrogens with one attached hydrogen (secondary N) is 1. The van der Waals surface area contributed by atoms with Crippen molar-refractivity contribution in [2.45, 2.75) is 33.4 Å². The van der Waals surface area contributed by atoms with Crippen LogP contribution in [0.25, 0.3) is 0 Å². The minimum absolute atomic E-state index is 0.110. The Balaban J connectivity index is 2.61. The maximum atomic E-state index is 12.7. The molecule has 1 saturated heterocycles. The smallest absolute Gasteiger partial charge is 0.387 e. The predicted molar refractivity (Wildman–Crippen MR) is 65.5 cm³/mol. The Kier molecular flexibility index (Phi) is 4.30. The summed E-state index contributed by atoms with van der Waals surface area (Å²) in [4.78, 5) is 1.77. The van der Waals surface area contributed by atoms with Gasteiger partial charge in [-0.25, -0.2) is 0 Å². The number of alkyl halides is 3. The van der Waals surface area contributed by atoms with Crippen molar-refractivity contribution in [3.05, 3.63) is 0 Å². The van der Waals surface area contributed by atoms with Gasteiger partial charge in [-0.05, 0) is 24.3 Å². The second-order valence-electron chi connectivity index (χ2n) is 6.16. The average Bonchev–Trinajstić information content (AvgIpc) is 2.58. The van der Waals surface area contributed by atoms with E-state index in [1.807, 2.05) is 0 Å². The first-order valence-electron chi connectivity index (χ1n) is 6.15. The van der Waals surface area contributed by atoms with Crippen molar-refractivity contribution in [2.75, 3.05) is 19.6 Å². The zero-order valence-electron chi connectivity index (χ0n) is 11.1. The third-order valence-corrected chi connectivity index (χ3v) is 3.71. The van der Waals surface area contributed by atoms with Crippen molar-refractivity contribution in [2.24, 2.45) is 23.0 Å². The van der Waals surface area contributed by atoms with Gasteiger partial charge in [-0.1, -0.05) is 20.8 Å². The van der Waals surface area contributed by atoms with Crippen molar-refractivity contribution in [1.82, 2.24) is 4.90 Å². The lowest BCUT2D eigenvalue weighted by Gasteiger charge is -2.28. The van der Waals surface area contributed by atoms with Gasteiger partial charge in [0.15, 0.2) is 0 Å². The fourth-order valence-electron chi connectivity index (χ4n) is 2.34. The van der Waals surface area contributed by atoms with Crippen LogP contribution < -0.4 is 5.73 Å². The summed E-state index contributed by atoms with van der Waals surface area (Å²) < 4.78 is 38.1. The van der Waals surface area contributed by atoms with Gasteiger partial charge < -0.3 is 10.6 Å². The van der Waals surface area contributed by atoms with E-state index in [-0.39, 0.29) is 12.0 Å². The third-order valence-electron chi connectivity index (χ3n) is 3.71. The Bertz CT molecular complexity index is 307. The molecule has 106 valence electrons. The van der Waals surface area contributed by atoms with Gasteiger partial charge in [-0.3, -0.25) is 5.41 Å². The molecule has 18 heavy (non-hydrogen) atoms. The standard InChI is InChI=1S/C12H22F3N3/c1-11(2,3)8-4-5-18(6-8)7-9(10(16)17)12(13,14)15/h8-9H,4-7H2,1-3H3,(H3,16,17). The molecule has 1 rings (SSSR count). The molecule has 0 spiro atoms. The van der Waals surface area contributed by atoms with E-state index in [2.05, 4.69) is 20.8 Å². The van der Waals surface area contributed by atoms with Gasteiger partial charge in [0.2, 0.25) is 0 Å². The van der Waals surface area contributed by atoms with Crippen LogP contribution in [0, 0.1) is 22.7 Å². The number of amidine groups is 1. The van der Waals surface area contributed by atoms with Crippen LogP contribution in [-0.2, 0) is 0 Å². The van der Waals surface area contributed by atoms with Crippen LogP contribution in [0.5, 0.6) is 0 Å². The number of hydrogen-bond acceptors (Lipinski definition) is 2. The van der Waals surface area contributed by atoms with E-state index < -0.39 is 17.9 Å². The Morgan fingerprint density at radius 1 is 1.39 bits per heavy atom. The molecular formula is C12H22F3N3. The summed E-state index contributed by atoms with van der Waals surface area (Å²) in [6.07, 6.45) is -3.52. The molecule has 0 saturated carbocycles. The van der Waals surface area contributed by atoms with Crippen LogP contribution >= 0.6 is 0 Å². The lowest BCUT2D eigenvalue weighted by atomic mass is 9.80. The van der Waals surface area contributed by atoms with Crippen molar-refractivity contribution >= 4 is 5.84 Å². The first-order chi connectivity index (χ1) is 8.01. The molecule has 6 heteroatoms. The topological polar surface area (TPSA) is 53.1 Å². The molecular weight excluding hydrogens is 243 g/mol. The highest BCUT2D eigenvalue weighted by Crippen LogP contribution is 2.35. The second-order valence-corrected chi connectivity index (χ2v) is 6.16. The normalized spacial score (nSPS) is 24.2. The van der Waals surface area contributed by atoms with E-state index in [0.717, 1.165) is 6.42 Å². The van der Waals surface area contributed by atoms with E-state index in [9.17, 15) is 13.2 Å². The molecule has 1 heterocycles. The second kappa shape index (κ2) is 5.07. The molecule has 1 aliphatic heterocycles. The minimum atomic E-state index is -4.42. The number of rotatable bonds is 3. The maximum absolute atomic E-state index is 12.7. The van der Waals surface area contributed by atoms with Crippen LogP contribution in [-0.4, -0.2) is 36.5 Å². The lowest BCUT2D eigenvalue weighted by molar-refractivity contribution is -0.159. The summed E-state index contributed by atoms with van der Waals surface area (Å²) in [7, 11) is 0. The van der Waals surface area contributed by atoms with Gasteiger partial charge in [-0.15, -0.1) is 0 Å².